The zero-order chi connectivity index (χ0) is 19.3. The zero-order valence-corrected chi connectivity index (χ0v) is 18.8. The fourth-order valence-electron chi connectivity index (χ4n) is 2.69. The van der Waals surface area contributed by atoms with Crippen LogP contribution in [0.25, 0.3) is 0 Å². The quantitative estimate of drug-likeness (QED) is 0.375. The molecule has 0 saturated heterocycles. The molecule has 7 heteroatoms. The van der Waals surface area contributed by atoms with Gasteiger partial charge in [-0.3, -0.25) is 0 Å². The molecule has 142 valence electrons. The van der Waals surface area contributed by atoms with E-state index >= 15 is 0 Å². The van der Waals surface area contributed by atoms with Crippen LogP contribution in [0.4, 0.5) is 0 Å². The van der Waals surface area contributed by atoms with Gasteiger partial charge in [-0.1, -0.05) is 49.1 Å². The van der Waals surface area contributed by atoms with E-state index in [0.717, 1.165) is 16.4 Å². The van der Waals surface area contributed by atoms with E-state index in [0.29, 0.717) is 11.5 Å². The molecular weight excluding hydrogens is 387 g/mol. The van der Waals surface area contributed by atoms with Crippen molar-refractivity contribution in [2.45, 2.75) is 19.6 Å². The Morgan fingerprint density at radius 3 is 2.00 bits per heavy atom. The Balaban J connectivity index is 2.65. The van der Waals surface area contributed by atoms with Crippen molar-refractivity contribution >= 4 is 42.4 Å². The summed E-state index contributed by atoms with van der Waals surface area (Å²) in [5.41, 5.74) is 0. The fraction of sp³-hybridized carbons (Fsp3) is 0.368. The predicted octanol–water partition coefficient (Wildman–Crippen LogP) is 3.82. The van der Waals surface area contributed by atoms with E-state index in [1.807, 2.05) is 30.3 Å². The average Bonchev–Trinajstić information content (AvgIpc) is 2.63. The molecule has 0 saturated carbocycles. The molecule has 0 aliphatic rings. The molecule has 0 bridgehead atoms. The van der Waals surface area contributed by atoms with Gasteiger partial charge in [-0.15, -0.1) is 0 Å². The van der Waals surface area contributed by atoms with E-state index in [1.165, 1.54) is 5.19 Å². The normalized spacial score (nSPS) is 12.6. The van der Waals surface area contributed by atoms with Crippen LogP contribution in [0.3, 0.4) is 0 Å². The van der Waals surface area contributed by atoms with Gasteiger partial charge >= 0.3 is 0 Å². The number of hydrogen-bond acceptors (Lipinski definition) is 4. The van der Waals surface area contributed by atoms with Gasteiger partial charge in [0.15, 0.2) is 6.79 Å². The third-order valence-corrected chi connectivity index (χ3v) is 8.60. The summed E-state index contributed by atoms with van der Waals surface area (Å²) in [5, 5.41) is 3.01. The van der Waals surface area contributed by atoms with E-state index in [4.69, 9.17) is 30.2 Å². The Kier molecular flexibility index (Phi) is 7.36. The monoisotopic (exact) mass is 412 g/mol. The van der Waals surface area contributed by atoms with E-state index in [9.17, 15) is 0 Å². The Bertz CT molecular complexity index is 727. The molecule has 2 aromatic carbocycles. The summed E-state index contributed by atoms with van der Waals surface area (Å²) in [6.45, 7) is 7.03. The van der Waals surface area contributed by atoms with Crippen molar-refractivity contribution in [1.82, 2.24) is 0 Å². The van der Waals surface area contributed by atoms with Crippen LogP contribution in [0.5, 0.6) is 17.2 Å². The predicted molar refractivity (Wildman–Crippen MR) is 114 cm³/mol. The highest BCUT2D eigenvalue weighted by molar-refractivity contribution is 7.96. The highest BCUT2D eigenvalue weighted by Crippen LogP contribution is 2.47. The molecule has 4 nitrogen and oxygen atoms in total. The van der Waals surface area contributed by atoms with Crippen LogP contribution in [0.15, 0.2) is 36.4 Å². The van der Waals surface area contributed by atoms with Crippen molar-refractivity contribution in [2.75, 3.05) is 28.1 Å². The molecular formula is C19H26ClO4PSi. The van der Waals surface area contributed by atoms with Gasteiger partial charge in [-0.05, 0) is 23.4 Å². The van der Waals surface area contributed by atoms with Crippen molar-refractivity contribution in [2.24, 2.45) is 0 Å². The number of hydrogen-bond donors (Lipinski definition) is 0. The molecule has 0 aliphatic carbocycles. The van der Waals surface area contributed by atoms with E-state index in [-0.39, 0.29) is 6.79 Å². The maximum atomic E-state index is 7.01. The van der Waals surface area contributed by atoms with Gasteiger partial charge < -0.3 is 18.9 Å². The lowest BCUT2D eigenvalue weighted by Gasteiger charge is -2.25. The first-order valence-corrected chi connectivity index (χ1v) is 14.0. The number of para-hydroxylation sites is 1. The number of benzene rings is 2. The fourth-order valence-corrected chi connectivity index (χ4v) is 6.71. The van der Waals surface area contributed by atoms with Gasteiger partial charge in [0, 0.05) is 12.4 Å². The molecule has 2 rings (SSSR count). The molecule has 0 N–H and O–H groups in total. The first-order chi connectivity index (χ1) is 12.3. The minimum absolute atomic E-state index is 0.178. The minimum atomic E-state index is -1.64. The minimum Gasteiger partial charge on any atom is -0.496 e. The summed E-state index contributed by atoms with van der Waals surface area (Å²) in [6.07, 6.45) is 0. The zero-order valence-electron chi connectivity index (χ0n) is 16.1. The third-order valence-electron chi connectivity index (χ3n) is 3.93. The van der Waals surface area contributed by atoms with Crippen molar-refractivity contribution in [3.05, 3.63) is 36.4 Å². The van der Waals surface area contributed by atoms with Crippen LogP contribution in [-0.4, -0.2) is 36.2 Å². The van der Waals surface area contributed by atoms with E-state index in [1.54, 1.807) is 21.3 Å². The van der Waals surface area contributed by atoms with Crippen molar-refractivity contribution in [3.8, 4) is 17.2 Å². The number of methoxy groups -OCH3 is 3. The summed E-state index contributed by atoms with van der Waals surface area (Å²) in [4.78, 5) is 0. The molecule has 0 spiro atoms. The van der Waals surface area contributed by atoms with Gasteiger partial charge in [0.1, 0.15) is 17.2 Å². The molecule has 1 atom stereocenters. The topological polar surface area (TPSA) is 36.9 Å². The lowest BCUT2D eigenvalue weighted by Crippen LogP contribution is -2.41. The van der Waals surface area contributed by atoms with Crippen LogP contribution >= 0.6 is 18.5 Å². The molecule has 0 heterocycles. The number of rotatable bonds is 8. The molecule has 0 aromatic heterocycles. The van der Waals surface area contributed by atoms with Crippen LogP contribution < -0.4 is 30.0 Å². The van der Waals surface area contributed by atoms with Crippen molar-refractivity contribution < 1.29 is 18.9 Å². The SMILES string of the molecule is COCOc1c(P(Cl)c2c(OC)cccc2OC)cccc1[Si](C)(C)C. The molecule has 0 amide bonds. The lowest BCUT2D eigenvalue weighted by molar-refractivity contribution is 0.0526. The van der Waals surface area contributed by atoms with Gasteiger partial charge in [-0.25, -0.2) is 0 Å². The molecule has 1 unspecified atom stereocenters. The molecule has 0 radical (unpaired) electrons. The van der Waals surface area contributed by atoms with Crippen LogP contribution in [0.1, 0.15) is 0 Å². The second kappa shape index (κ2) is 9.09. The highest BCUT2D eigenvalue weighted by atomic mass is 35.7. The van der Waals surface area contributed by atoms with Crippen LogP contribution in [-0.2, 0) is 4.74 Å². The molecule has 26 heavy (non-hydrogen) atoms. The largest absolute Gasteiger partial charge is 0.496 e. The van der Waals surface area contributed by atoms with Gasteiger partial charge in [0.05, 0.1) is 34.9 Å². The third kappa shape index (κ3) is 4.52. The second-order valence-corrected chi connectivity index (χ2v) is 14.3. The van der Waals surface area contributed by atoms with Crippen molar-refractivity contribution in [1.29, 1.82) is 0 Å². The number of ether oxygens (including phenoxy) is 4. The summed E-state index contributed by atoms with van der Waals surface area (Å²) >= 11 is 7.01. The highest BCUT2D eigenvalue weighted by Gasteiger charge is 2.29. The first-order valence-electron chi connectivity index (χ1n) is 8.27. The summed E-state index contributed by atoms with van der Waals surface area (Å²) in [5.74, 6) is 2.24. The lowest BCUT2D eigenvalue weighted by atomic mass is 10.3. The van der Waals surface area contributed by atoms with Crippen LogP contribution in [0, 0.1) is 0 Å². The molecule has 2 aromatic rings. The summed E-state index contributed by atoms with van der Waals surface area (Å²) < 4.78 is 22.2. The Morgan fingerprint density at radius 1 is 0.923 bits per heavy atom. The first kappa shape index (κ1) is 21.0. The summed E-state index contributed by atoms with van der Waals surface area (Å²) in [7, 11) is 1.99. The smallest absolute Gasteiger partial charge is 0.188 e. The Hall–Kier alpha value is -1.26. The molecule has 0 fully saturated rings. The van der Waals surface area contributed by atoms with Crippen LogP contribution in [0.2, 0.25) is 19.6 Å². The standard InChI is InChI=1S/C19H26ClO4PSi/c1-21-13-24-18-16(11-8-12-17(18)26(4,5)6)25(20)19-14(22-2)9-7-10-15(19)23-3/h7-12H,13H2,1-6H3. The average molecular weight is 413 g/mol. The Labute approximate surface area is 162 Å². The maximum absolute atomic E-state index is 7.01. The van der Waals surface area contributed by atoms with E-state index < -0.39 is 15.3 Å². The molecule has 0 aliphatic heterocycles. The van der Waals surface area contributed by atoms with Gasteiger partial charge in [-0.2, -0.15) is 0 Å². The maximum Gasteiger partial charge on any atom is 0.188 e. The Morgan fingerprint density at radius 2 is 1.50 bits per heavy atom. The summed E-state index contributed by atoms with van der Waals surface area (Å²) in [6, 6.07) is 11.9. The van der Waals surface area contributed by atoms with Gasteiger partial charge in [0.25, 0.3) is 0 Å². The second-order valence-electron chi connectivity index (χ2n) is 6.75. The van der Waals surface area contributed by atoms with Crippen molar-refractivity contribution in [3.63, 3.8) is 0 Å². The van der Waals surface area contributed by atoms with Gasteiger partial charge in [0.2, 0.25) is 0 Å². The van der Waals surface area contributed by atoms with E-state index in [2.05, 4.69) is 25.7 Å². The number of halogens is 1.